The van der Waals surface area contributed by atoms with Crippen LogP contribution < -0.4 is 14.8 Å². The maximum absolute atomic E-state index is 6.46. The highest BCUT2D eigenvalue weighted by molar-refractivity contribution is 6.32. The van der Waals surface area contributed by atoms with Crippen LogP contribution in [0, 0.1) is 0 Å². The molecule has 0 radical (unpaired) electrons. The average Bonchev–Trinajstić information content (AvgIpc) is 3.75. The van der Waals surface area contributed by atoms with Crippen LogP contribution >= 0.6 is 11.6 Å². The summed E-state index contributed by atoms with van der Waals surface area (Å²) < 4.78 is 26.9. The molecule has 2 atom stereocenters. The van der Waals surface area contributed by atoms with Crippen LogP contribution in [-0.4, -0.2) is 103 Å². The Labute approximate surface area is 279 Å². The lowest BCUT2D eigenvalue weighted by Crippen LogP contribution is -2.45. The van der Waals surface area contributed by atoms with E-state index in [9.17, 15) is 0 Å². The molecule has 2 unspecified atom stereocenters. The Morgan fingerprint density at radius 1 is 1.00 bits per heavy atom. The molecular formula is C32H43ClN10O4. The third-order valence-electron chi connectivity index (χ3n) is 8.67. The SMILES string of the molecule is COCCC(C)Oc1nn(C2CCC(N3CCOCC3)CC2)cc1Nc1ncc(-c2ccc(Cl)c(OC(C)Cn3cnnn3)c2)cn1. The van der Waals surface area contributed by atoms with Gasteiger partial charge in [-0.3, -0.25) is 9.58 Å². The van der Waals surface area contributed by atoms with Crippen LogP contribution in [0.25, 0.3) is 11.1 Å². The van der Waals surface area contributed by atoms with Gasteiger partial charge >= 0.3 is 0 Å². The smallest absolute Gasteiger partial charge is 0.257 e. The monoisotopic (exact) mass is 666 g/mol. The second-order valence-corrected chi connectivity index (χ2v) is 12.6. The normalized spacial score (nSPS) is 20.1. The summed E-state index contributed by atoms with van der Waals surface area (Å²) >= 11 is 6.46. The van der Waals surface area contributed by atoms with Gasteiger partial charge in [0.1, 0.15) is 23.9 Å². The van der Waals surface area contributed by atoms with E-state index in [-0.39, 0.29) is 12.2 Å². The third kappa shape index (κ3) is 8.74. The van der Waals surface area contributed by atoms with Crippen molar-refractivity contribution in [3.63, 3.8) is 0 Å². The summed E-state index contributed by atoms with van der Waals surface area (Å²) in [6, 6.07) is 6.52. The molecule has 0 spiro atoms. The van der Waals surface area contributed by atoms with E-state index in [1.165, 1.54) is 0 Å². The summed E-state index contributed by atoms with van der Waals surface area (Å²) in [5, 5.41) is 20.0. The van der Waals surface area contributed by atoms with E-state index in [2.05, 4.69) is 40.4 Å². The molecule has 15 heteroatoms. The number of nitrogens with one attached hydrogen (secondary N) is 1. The van der Waals surface area contributed by atoms with Gasteiger partial charge in [-0.05, 0) is 67.7 Å². The Morgan fingerprint density at radius 3 is 2.49 bits per heavy atom. The lowest BCUT2D eigenvalue weighted by Gasteiger charge is -2.38. The number of aromatic nitrogens is 8. The van der Waals surface area contributed by atoms with Crippen molar-refractivity contribution in [1.29, 1.82) is 0 Å². The maximum atomic E-state index is 6.46. The fraction of sp³-hybridized carbons (Fsp3) is 0.562. The van der Waals surface area contributed by atoms with Crippen molar-refractivity contribution in [2.24, 2.45) is 0 Å². The quantitative estimate of drug-likeness (QED) is 0.198. The number of methoxy groups -OCH3 is 1. The second kappa shape index (κ2) is 15.8. The van der Waals surface area contributed by atoms with Gasteiger partial charge in [-0.2, -0.15) is 0 Å². The minimum atomic E-state index is -0.205. The predicted molar refractivity (Wildman–Crippen MR) is 176 cm³/mol. The summed E-state index contributed by atoms with van der Waals surface area (Å²) in [4.78, 5) is 11.8. The van der Waals surface area contributed by atoms with Crippen molar-refractivity contribution in [2.75, 3.05) is 45.3 Å². The zero-order valence-corrected chi connectivity index (χ0v) is 27.9. The first-order valence-corrected chi connectivity index (χ1v) is 16.7. The summed E-state index contributed by atoms with van der Waals surface area (Å²) in [5.74, 6) is 1.54. The molecule has 2 fully saturated rings. The number of ether oxygens (including phenoxy) is 4. The zero-order chi connectivity index (χ0) is 32.6. The van der Waals surface area contributed by atoms with Gasteiger partial charge in [0.2, 0.25) is 5.95 Å². The summed E-state index contributed by atoms with van der Waals surface area (Å²) in [6.45, 7) is 8.76. The van der Waals surface area contributed by atoms with Gasteiger partial charge in [-0.15, -0.1) is 10.2 Å². The van der Waals surface area contributed by atoms with Crippen molar-refractivity contribution in [3.05, 3.63) is 48.1 Å². The lowest BCUT2D eigenvalue weighted by atomic mass is 9.90. The van der Waals surface area contributed by atoms with E-state index >= 15 is 0 Å². The second-order valence-electron chi connectivity index (χ2n) is 12.2. The number of halogens is 1. The lowest BCUT2D eigenvalue weighted by molar-refractivity contribution is 0.00500. The molecule has 1 aliphatic carbocycles. The molecule has 1 aromatic carbocycles. The highest BCUT2D eigenvalue weighted by atomic mass is 35.5. The third-order valence-corrected chi connectivity index (χ3v) is 8.98. The van der Waals surface area contributed by atoms with E-state index < -0.39 is 0 Å². The van der Waals surface area contributed by atoms with Crippen LogP contribution in [0.5, 0.6) is 11.6 Å². The minimum Gasteiger partial charge on any atom is -0.487 e. The Morgan fingerprint density at radius 2 is 1.77 bits per heavy atom. The maximum Gasteiger partial charge on any atom is 0.257 e. The standard InChI is InChI=1S/C32H43ClN10O4/c1-22(10-13-44-3)47-31-29(20-43(38-31)27-7-5-26(6-8-27)41-11-14-45-15-12-41)37-32-34-17-25(18-35-32)24-4-9-28(33)30(16-24)46-23(2)19-42-21-36-39-40-42/h4,9,16-18,20-23,26-27H,5-8,10-15,19H2,1-3H3,(H,34,35,37). The van der Waals surface area contributed by atoms with Crippen LogP contribution in [-0.2, 0) is 16.0 Å². The number of morpholine rings is 1. The molecule has 0 amide bonds. The number of hydrogen-bond donors (Lipinski definition) is 1. The van der Waals surface area contributed by atoms with Gasteiger partial charge in [-0.1, -0.05) is 17.7 Å². The molecule has 1 aliphatic heterocycles. The largest absolute Gasteiger partial charge is 0.487 e. The predicted octanol–water partition coefficient (Wildman–Crippen LogP) is 4.81. The van der Waals surface area contributed by atoms with Gasteiger partial charge in [0.05, 0.1) is 43.1 Å². The Balaban J connectivity index is 1.13. The van der Waals surface area contributed by atoms with Crippen molar-refractivity contribution in [3.8, 4) is 22.8 Å². The molecular weight excluding hydrogens is 624 g/mol. The molecule has 3 aromatic heterocycles. The fourth-order valence-corrected chi connectivity index (χ4v) is 6.28. The molecule has 0 bridgehead atoms. The molecule has 2 aliphatic rings. The van der Waals surface area contributed by atoms with Crippen LogP contribution in [0.3, 0.4) is 0 Å². The Bertz CT molecular complexity index is 1540. The van der Waals surface area contributed by atoms with E-state index in [1.807, 2.05) is 32.2 Å². The van der Waals surface area contributed by atoms with E-state index in [0.29, 0.717) is 47.8 Å². The molecule has 6 rings (SSSR count). The molecule has 1 saturated heterocycles. The van der Waals surface area contributed by atoms with Gasteiger partial charge in [-0.25, -0.2) is 14.6 Å². The average molecular weight is 667 g/mol. The van der Waals surface area contributed by atoms with E-state index in [1.54, 1.807) is 36.6 Å². The number of hydrogen-bond acceptors (Lipinski definition) is 12. The molecule has 1 N–H and O–H groups in total. The summed E-state index contributed by atoms with van der Waals surface area (Å²) in [7, 11) is 1.69. The Hall–Kier alpha value is -3.85. The van der Waals surface area contributed by atoms with Gasteiger partial charge in [0.25, 0.3) is 5.88 Å². The van der Waals surface area contributed by atoms with E-state index in [0.717, 1.165) is 75.2 Å². The van der Waals surface area contributed by atoms with E-state index in [4.69, 9.17) is 35.6 Å². The molecule has 14 nitrogen and oxygen atoms in total. The summed E-state index contributed by atoms with van der Waals surface area (Å²) in [6.07, 6.45) is 12.0. The van der Waals surface area contributed by atoms with Crippen molar-refractivity contribution >= 4 is 23.2 Å². The van der Waals surface area contributed by atoms with Crippen molar-refractivity contribution in [2.45, 2.75) is 76.8 Å². The molecule has 4 heterocycles. The first-order valence-electron chi connectivity index (χ1n) is 16.3. The highest BCUT2D eigenvalue weighted by Gasteiger charge is 2.29. The summed E-state index contributed by atoms with van der Waals surface area (Å²) in [5.41, 5.74) is 2.43. The molecule has 252 valence electrons. The molecule has 1 saturated carbocycles. The highest BCUT2D eigenvalue weighted by Crippen LogP contribution is 2.36. The van der Waals surface area contributed by atoms with Crippen LogP contribution in [0.4, 0.5) is 11.6 Å². The first kappa shape index (κ1) is 33.1. The van der Waals surface area contributed by atoms with Crippen LogP contribution in [0.2, 0.25) is 5.02 Å². The number of benzene rings is 1. The van der Waals surface area contributed by atoms with Crippen molar-refractivity contribution in [1.82, 2.24) is 44.9 Å². The van der Waals surface area contributed by atoms with Gasteiger partial charge in [0, 0.05) is 57.2 Å². The van der Waals surface area contributed by atoms with Crippen LogP contribution in [0.15, 0.2) is 43.1 Å². The molecule has 4 aromatic rings. The molecule has 47 heavy (non-hydrogen) atoms. The zero-order valence-electron chi connectivity index (χ0n) is 27.2. The fourth-order valence-electron chi connectivity index (χ4n) is 6.12. The van der Waals surface area contributed by atoms with Crippen LogP contribution in [0.1, 0.15) is 52.0 Å². The number of tetrazole rings is 1. The first-order chi connectivity index (χ1) is 22.9. The number of nitrogens with zero attached hydrogens (tertiary/aromatic N) is 9. The number of rotatable bonds is 14. The topological polar surface area (TPSA) is 139 Å². The van der Waals surface area contributed by atoms with Gasteiger partial charge in [0.15, 0.2) is 0 Å². The van der Waals surface area contributed by atoms with Crippen molar-refractivity contribution < 1.29 is 18.9 Å². The number of anilines is 2. The minimum absolute atomic E-state index is 0.0730. The Kier molecular flexibility index (Phi) is 11.1. The van der Waals surface area contributed by atoms with Gasteiger partial charge < -0.3 is 24.3 Å².